The third-order valence-corrected chi connectivity index (χ3v) is 3.57. The van der Waals surface area contributed by atoms with Gasteiger partial charge in [-0.05, 0) is 36.5 Å². The maximum absolute atomic E-state index is 11.4. The summed E-state index contributed by atoms with van der Waals surface area (Å²) < 4.78 is 0. The molecule has 1 aliphatic rings. The Morgan fingerprint density at radius 1 is 1.06 bits per heavy atom. The van der Waals surface area contributed by atoms with Crippen molar-refractivity contribution in [1.29, 1.82) is 0 Å². The van der Waals surface area contributed by atoms with E-state index in [0.29, 0.717) is 0 Å². The molecule has 1 amide bonds. The van der Waals surface area contributed by atoms with Crippen LogP contribution in [-0.4, -0.2) is 23.9 Å². The van der Waals surface area contributed by atoms with E-state index >= 15 is 0 Å². The molecule has 2 unspecified atom stereocenters. The van der Waals surface area contributed by atoms with E-state index in [0.717, 1.165) is 36.8 Å². The minimum absolute atomic E-state index is 0.250. The van der Waals surface area contributed by atoms with Gasteiger partial charge in [-0.3, -0.25) is 4.79 Å². The molecule has 0 N–H and O–H groups in total. The zero-order chi connectivity index (χ0) is 12.3. The molecule has 2 nitrogen and oxygen atoms in total. The van der Waals surface area contributed by atoms with Crippen molar-refractivity contribution in [2.45, 2.75) is 47.5 Å². The number of carbonyl (C=O) groups is 1. The van der Waals surface area contributed by atoms with Crippen molar-refractivity contribution in [3.63, 3.8) is 0 Å². The topological polar surface area (TPSA) is 20.3 Å². The molecular weight excluding hydrogens is 198 g/mol. The summed E-state index contributed by atoms with van der Waals surface area (Å²) in [5.41, 5.74) is 0. The molecule has 0 bridgehead atoms. The Hall–Kier alpha value is -0.530. The van der Waals surface area contributed by atoms with Gasteiger partial charge in [0, 0.05) is 20.0 Å². The molecule has 2 atom stereocenters. The van der Waals surface area contributed by atoms with Crippen LogP contribution in [0.15, 0.2) is 0 Å². The maximum Gasteiger partial charge on any atom is 0.219 e. The molecule has 1 fully saturated rings. The second-order valence-electron chi connectivity index (χ2n) is 6.20. The lowest BCUT2D eigenvalue weighted by Gasteiger charge is -2.21. The zero-order valence-electron chi connectivity index (χ0n) is 11.5. The Labute approximate surface area is 100 Å². The van der Waals surface area contributed by atoms with Gasteiger partial charge >= 0.3 is 0 Å². The number of amides is 1. The Bertz CT molecular complexity index is 217. The summed E-state index contributed by atoms with van der Waals surface area (Å²) in [5, 5.41) is 0. The summed E-state index contributed by atoms with van der Waals surface area (Å²) in [4.78, 5) is 13.5. The number of likely N-dealkylation sites (tertiary alicyclic amines) is 1. The SMILES string of the molecule is CC(=O)N1CC(CC(C)C)C(CC(C)C)C1. The highest BCUT2D eigenvalue weighted by Crippen LogP contribution is 2.33. The molecule has 2 heteroatoms. The monoisotopic (exact) mass is 225 g/mol. The van der Waals surface area contributed by atoms with E-state index in [2.05, 4.69) is 27.7 Å². The number of rotatable bonds is 4. The minimum Gasteiger partial charge on any atom is -0.342 e. The predicted octanol–water partition coefficient (Wildman–Crippen LogP) is 3.17. The molecule has 1 heterocycles. The first kappa shape index (κ1) is 13.5. The van der Waals surface area contributed by atoms with Gasteiger partial charge in [-0.1, -0.05) is 27.7 Å². The highest BCUT2D eigenvalue weighted by Gasteiger charge is 2.34. The van der Waals surface area contributed by atoms with Gasteiger partial charge in [0.25, 0.3) is 0 Å². The lowest BCUT2D eigenvalue weighted by atomic mass is 9.83. The molecule has 1 aliphatic heterocycles. The van der Waals surface area contributed by atoms with Gasteiger partial charge in [-0.2, -0.15) is 0 Å². The van der Waals surface area contributed by atoms with Gasteiger partial charge in [-0.25, -0.2) is 0 Å². The third kappa shape index (κ3) is 3.80. The van der Waals surface area contributed by atoms with Crippen molar-refractivity contribution in [3.05, 3.63) is 0 Å². The van der Waals surface area contributed by atoms with Gasteiger partial charge in [0.15, 0.2) is 0 Å². The zero-order valence-corrected chi connectivity index (χ0v) is 11.5. The first-order valence-electron chi connectivity index (χ1n) is 6.65. The van der Waals surface area contributed by atoms with Crippen LogP contribution >= 0.6 is 0 Å². The van der Waals surface area contributed by atoms with E-state index in [4.69, 9.17) is 0 Å². The lowest BCUT2D eigenvalue weighted by Crippen LogP contribution is -2.26. The lowest BCUT2D eigenvalue weighted by molar-refractivity contribution is -0.128. The van der Waals surface area contributed by atoms with Crippen LogP contribution in [0.4, 0.5) is 0 Å². The average molecular weight is 225 g/mol. The molecule has 0 saturated carbocycles. The number of carbonyl (C=O) groups excluding carboxylic acids is 1. The largest absolute Gasteiger partial charge is 0.342 e. The summed E-state index contributed by atoms with van der Waals surface area (Å²) in [6.07, 6.45) is 2.53. The van der Waals surface area contributed by atoms with Gasteiger partial charge in [-0.15, -0.1) is 0 Å². The molecule has 94 valence electrons. The molecule has 0 spiro atoms. The standard InChI is InChI=1S/C14H27NO/c1-10(2)6-13-8-15(12(5)16)9-14(13)7-11(3)4/h10-11,13-14H,6-9H2,1-5H3. The molecule has 1 rings (SSSR count). The van der Waals surface area contributed by atoms with Gasteiger partial charge in [0.2, 0.25) is 5.91 Å². The average Bonchev–Trinajstić information content (AvgIpc) is 2.46. The predicted molar refractivity (Wildman–Crippen MR) is 68.1 cm³/mol. The summed E-state index contributed by atoms with van der Waals surface area (Å²) in [6, 6.07) is 0. The molecule has 1 saturated heterocycles. The second-order valence-corrected chi connectivity index (χ2v) is 6.20. The molecule has 0 aromatic heterocycles. The summed E-state index contributed by atoms with van der Waals surface area (Å²) in [7, 11) is 0. The Balaban J connectivity index is 2.59. The maximum atomic E-state index is 11.4. The summed E-state index contributed by atoms with van der Waals surface area (Å²) in [5.74, 6) is 3.19. The van der Waals surface area contributed by atoms with Crippen LogP contribution < -0.4 is 0 Å². The number of hydrogen-bond donors (Lipinski definition) is 0. The molecule has 0 aliphatic carbocycles. The fraction of sp³-hybridized carbons (Fsp3) is 0.929. The van der Waals surface area contributed by atoms with Gasteiger partial charge < -0.3 is 4.90 Å². The number of hydrogen-bond acceptors (Lipinski definition) is 1. The van der Waals surface area contributed by atoms with Gasteiger partial charge in [0.1, 0.15) is 0 Å². The second kappa shape index (κ2) is 5.70. The quantitative estimate of drug-likeness (QED) is 0.719. The first-order valence-corrected chi connectivity index (χ1v) is 6.65. The van der Waals surface area contributed by atoms with Crippen LogP contribution in [0.1, 0.15) is 47.5 Å². The molecule has 0 aromatic rings. The third-order valence-electron chi connectivity index (χ3n) is 3.57. The van der Waals surface area contributed by atoms with E-state index < -0.39 is 0 Å². The van der Waals surface area contributed by atoms with E-state index in [1.807, 2.05) is 4.90 Å². The minimum atomic E-state index is 0.250. The highest BCUT2D eigenvalue weighted by molar-refractivity contribution is 5.73. The Kier molecular flexibility index (Phi) is 4.82. The summed E-state index contributed by atoms with van der Waals surface area (Å²) in [6.45, 7) is 12.8. The van der Waals surface area contributed by atoms with Crippen LogP contribution in [0.25, 0.3) is 0 Å². The molecule has 0 aromatic carbocycles. The highest BCUT2D eigenvalue weighted by atomic mass is 16.2. The van der Waals surface area contributed by atoms with Crippen molar-refractivity contribution in [2.75, 3.05) is 13.1 Å². The smallest absolute Gasteiger partial charge is 0.219 e. The first-order chi connectivity index (χ1) is 7.40. The normalized spacial score (nSPS) is 25.8. The van der Waals surface area contributed by atoms with Crippen molar-refractivity contribution >= 4 is 5.91 Å². The number of nitrogens with zero attached hydrogens (tertiary/aromatic N) is 1. The van der Waals surface area contributed by atoms with E-state index in [-0.39, 0.29) is 5.91 Å². The molecule has 0 radical (unpaired) electrons. The van der Waals surface area contributed by atoms with E-state index in [1.54, 1.807) is 6.92 Å². The van der Waals surface area contributed by atoms with Crippen molar-refractivity contribution in [3.8, 4) is 0 Å². The molecule has 16 heavy (non-hydrogen) atoms. The fourth-order valence-corrected chi connectivity index (χ4v) is 2.94. The molecular formula is C14H27NO. The van der Waals surface area contributed by atoms with Crippen LogP contribution in [0, 0.1) is 23.7 Å². The van der Waals surface area contributed by atoms with Crippen LogP contribution in [0.5, 0.6) is 0 Å². The summed E-state index contributed by atoms with van der Waals surface area (Å²) >= 11 is 0. The van der Waals surface area contributed by atoms with Crippen LogP contribution in [0.2, 0.25) is 0 Å². The van der Waals surface area contributed by atoms with E-state index in [1.165, 1.54) is 12.8 Å². The van der Waals surface area contributed by atoms with Crippen molar-refractivity contribution in [2.24, 2.45) is 23.7 Å². The Morgan fingerprint density at radius 2 is 1.44 bits per heavy atom. The van der Waals surface area contributed by atoms with Crippen molar-refractivity contribution in [1.82, 2.24) is 4.90 Å². The Morgan fingerprint density at radius 3 is 1.69 bits per heavy atom. The fourth-order valence-electron chi connectivity index (χ4n) is 2.94. The van der Waals surface area contributed by atoms with Crippen LogP contribution in [0.3, 0.4) is 0 Å². The van der Waals surface area contributed by atoms with Gasteiger partial charge in [0.05, 0.1) is 0 Å². The van der Waals surface area contributed by atoms with E-state index in [9.17, 15) is 4.79 Å². The van der Waals surface area contributed by atoms with Crippen molar-refractivity contribution < 1.29 is 4.79 Å². The van der Waals surface area contributed by atoms with Crippen LogP contribution in [-0.2, 0) is 4.79 Å².